The van der Waals surface area contributed by atoms with E-state index in [9.17, 15) is 17.7 Å². The molecule has 1 aromatic carbocycles. The van der Waals surface area contributed by atoms with Crippen LogP contribution < -0.4 is 25.6 Å². The van der Waals surface area contributed by atoms with Gasteiger partial charge >= 0.3 is 6.18 Å². The van der Waals surface area contributed by atoms with Crippen LogP contribution in [-0.2, 0) is 17.2 Å². The van der Waals surface area contributed by atoms with Crippen LogP contribution in [0.15, 0.2) is 30.7 Å². The third-order valence-corrected chi connectivity index (χ3v) is 11.7. The van der Waals surface area contributed by atoms with E-state index in [0.29, 0.717) is 33.1 Å². The highest BCUT2D eigenvalue weighted by molar-refractivity contribution is 7.71. The van der Waals surface area contributed by atoms with E-state index in [0.717, 1.165) is 87.3 Å². The summed E-state index contributed by atoms with van der Waals surface area (Å²) in [5.41, 5.74) is 2.04. The Balaban J connectivity index is 1.27. The summed E-state index contributed by atoms with van der Waals surface area (Å²) in [7, 11) is 0.756. The van der Waals surface area contributed by atoms with Crippen molar-refractivity contribution < 1.29 is 22.5 Å². The van der Waals surface area contributed by atoms with Crippen LogP contribution in [0.4, 0.5) is 41.3 Å². The molecule has 2 aliphatic heterocycles. The summed E-state index contributed by atoms with van der Waals surface area (Å²) < 4.78 is 61.6. The van der Waals surface area contributed by atoms with E-state index in [2.05, 4.69) is 59.2 Å². The lowest BCUT2D eigenvalue weighted by atomic mass is 9.99. The zero-order valence-corrected chi connectivity index (χ0v) is 29.5. The Bertz CT molecular complexity index is 1820. The molecule has 5 heterocycles. The first-order chi connectivity index (χ1) is 22.9. The van der Waals surface area contributed by atoms with E-state index in [4.69, 9.17) is 4.74 Å². The van der Waals surface area contributed by atoms with Crippen LogP contribution in [0.5, 0.6) is 5.75 Å². The number of aryl methyl sites for hydroxylation is 1. The van der Waals surface area contributed by atoms with Crippen molar-refractivity contribution in [1.29, 1.82) is 0 Å². The first-order valence-electron chi connectivity index (χ1n) is 16.0. The number of ether oxygens (including phenoxy) is 1. The van der Waals surface area contributed by atoms with Gasteiger partial charge in [-0.3, -0.25) is 9.88 Å². The molecule has 2 saturated heterocycles. The number of rotatable bonds is 9. The number of hydrogen-bond acceptors (Lipinski definition) is 12. The Morgan fingerprint density at radius 2 is 1.73 bits per heavy atom. The van der Waals surface area contributed by atoms with Gasteiger partial charge in [0, 0.05) is 75.7 Å². The average molecular weight is 704 g/mol. The number of nitrogens with one attached hydrogen (secondary N) is 2. The highest BCUT2D eigenvalue weighted by Gasteiger charge is 2.37. The van der Waals surface area contributed by atoms with E-state index in [1.54, 1.807) is 20.4 Å². The van der Waals surface area contributed by atoms with Crippen molar-refractivity contribution in [3.8, 4) is 5.75 Å². The van der Waals surface area contributed by atoms with E-state index in [1.807, 2.05) is 12.1 Å². The van der Waals surface area contributed by atoms with Crippen LogP contribution in [0.2, 0.25) is 0 Å². The third-order valence-electron chi connectivity index (χ3n) is 9.05. The van der Waals surface area contributed by atoms with Gasteiger partial charge in [0.05, 0.1) is 18.1 Å². The summed E-state index contributed by atoms with van der Waals surface area (Å²) in [5.74, 6) is 0.000656. The third kappa shape index (κ3) is 7.24. The highest BCUT2D eigenvalue weighted by atomic mass is 32.1. The van der Waals surface area contributed by atoms with Gasteiger partial charge in [0.25, 0.3) is 0 Å². The summed E-state index contributed by atoms with van der Waals surface area (Å²) in [4.78, 5) is 24.7. The Hall–Kier alpha value is -3.52. The maximum atomic E-state index is 14.2. The number of piperazine rings is 1. The lowest BCUT2D eigenvalue weighted by Gasteiger charge is -2.43. The first kappa shape index (κ1) is 34.3. The van der Waals surface area contributed by atoms with E-state index in [-0.39, 0.29) is 10.9 Å². The van der Waals surface area contributed by atoms with Gasteiger partial charge < -0.3 is 29.7 Å². The number of likely N-dealkylation sites (N-methyl/N-ethyl adjacent to an activating group) is 1. The topological polar surface area (TPSA) is 112 Å². The van der Waals surface area contributed by atoms with E-state index < -0.39 is 24.7 Å². The number of aromatic nitrogens is 4. The van der Waals surface area contributed by atoms with Crippen molar-refractivity contribution in [3.63, 3.8) is 0 Å². The number of alkyl halides is 3. The van der Waals surface area contributed by atoms with Gasteiger partial charge in [-0.15, -0.1) is 0 Å². The molecule has 11 nitrogen and oxygen atoms in total. The van der Waals surface area contributed by atoms with Crippen molar-refractivity contribution in [2.75, 3.05) is 82.3 Å². The maximum absolute atomic E-state index is 14.2. The molecule has 16 heteroatoms. The molecule has 0 radical (unpaired) electrons. The Morgan fingerprint density at radius 3 is 2.38 bits per heavy atom. The summed E-state index contributed by atoms with van der Waals surface area (Å²) in [6.45, 7) is 11.5. The fraction of sp³-hybridized carbons (Fsp3) is 0.500. The number of nitrogens with zero attached hydrogens (tertiary/aromatic N) is 7. The standard InChI is InChI=1S/C32H41F3N9O2PS/c1-6-20-17-23(25(46-3)18-24(20)44-11-7-21(8-12-44)43-15-13-42(2)14-16-43)39-31-38-19-22(32(33,34)35)28(41-31)40-30-27(47(4,5)45)26-29(48-30)37-10-9-36-26/h9-10,17-19,21H,6-8,11-16H2,1-5H3,(H2,38,39,40,41). The molecule has 3 aromatic heterocycles. The SMILES string of the molecule is CCc1cc(Nc2ncc(C(F)(F)F)c(Nc3sc4nccnc4c3P(C)(C)=O)n2)c(OC)cc1N1CCC(N2CCN(C)CC2)CC1. The van der Waals surface area contributed by atoms with Crippen LogP contribution >= 0.6 is 18.5 Å². The normalized spacial score (nSPS) is 17.2. The number of thiophene rings is 1. The molecule has 0 atom stereocenters. The minimum Gasteiger partial charge on any atom is -0.494 e. The number of hydrogen-bond donors (Lipinski definition) is 2. The lowest BCUT2D eigenvalue weighted by molar-refractivity contribution is -0.137. The van der Waals surface area contributed by atoms with Crippen LogP contribution in [-0.4, -0.2) is 103 Å². The Labute approximate surface area is 282 Å². The van der Waals surface area contributed by atoms with Crippen LogP contribution in [0, 0.1) is 0 Å². The van der Waals surface area contributed by atoms with Crippen LogP contribution in [0.25, 0.3) is 10.3 Å². The first-order valence-corrected chi connectivity index (χ1v) is 19.4. The number of halogens is 3. The second-order valence-corrected chi connectivity index (χ2v) is 16.8. The summed E-state index contributed by atoms with van der Waals surface area (Å²) >= 11 is 1.07. The second-order valence-electron chi connectivity index (χ2n) is 12.6. The number of fused-ring (bicyclic) bond motifs is 1. The van der Waals surface area contributed by atoms with Gasteiger partial charge in [-0.1, -0.05) is 18.3 Å². The monoisotopic (exact) mass is 703 g/mol. The van der Waals surface area contributed by atoms with Crippen LogP contribution in [0.1, 0.15) is 30.9 Å². The molecular weight excluding hydrogens is 662 g/mol. The summed E-state index contributed by atoms with van der Waals surface area (Å²) in [6.07, 6.45) is 1.86. The Kier molecular flexibility index (Phi) is 9.85. The van der Waals surface area contributed by atoms with Crippen molar-refractivity contribution in [2.45, 2.75) is 38.4 Å². The van der Waals surface area contributed by atoms with Gasteiger partial charge in [0.15, 0.2) is 0 Å². The van der Waals surface area contributed by atoms with Crippen molar-refractivity contribution in [3.05, 3.63) is 41.9 Å². The number of piperidine rings is 1. The molecule has 2 N–H and O–H groups in total. The average Bonchev–Trinajstić information content (AvgIpc) is 3.43. The Morgan fingerprint density at radius 1 is 1.02 bits per heavy atom. The molecule has 2 aliphatic rings. The highest BCUT2D eigenvalue weighted by Crippen LogP contribution is 2.46. The van der Waals surface area contributed by atoms with Gasteiger partial charge in [0.1, 0.15) is 39.6 Å². The molecule has 6 rings (SSSR count). The quantitative estimate of drug-likeness (QED) is 0.200. The van der Waals surface area contributed by atoms with Crippen molar-refractivity contribution >= 4 is 62.3 Å². The summed E-state index contributed by atoms with van der Waals surface area (Å²) in [6, 6.07) is 4.53. The lowest BCUT2D eigenvalue weighted by Crippen LogP contribution is -2.52. The van der Waals surface area contributed by atoms with E-state index >= 15 is 0 Å². The van der Waals surface area contributed by atoms with Crippen LogP contribution in [0.3, 0.4) is 0 Å². The van der Waals surface area contributed by atoms with Crippen molar-refractivity contribution in [1.82, 2.24) is 29.7 Å². The van der Waals surface area contributed by atoms with Gasteiger partial charge in [0.2, 0.25) is 5.95 Å². The second kappa shape index (κ2) is 13.8. The molecule has 0 aliphatic carbocycles. The molecule has 0 unspecified atom stereocenters. The van der Waals surface area contributed by atoms with Gasteiger partial charge in [-0.05, 0) is 51.3 Å². The fourth-order valence-electron chi connectivity index (χ4n) is 6.49. The largest absolute Gasteiger partial charge is 0.494 e. The van der Waals surface area contributed by atoms with Gasteiger partial charge in [-0.25, -0.2) is 9.97 Å². The molecular formula is C32H41F3N9O2PS. The number of anilines is 5. The number of benzene rings is 1. The molecule has 48 heavy (non-hydrogen) atoms. The van der Waals surface area contributed by atoms with Crippen molar-refractivity contribution in [2.24, 2.45) is 0 Å². The minimum absolute atomic E-state index is 0.0540. The fourth-order valence-corrected chi connectivity index (χ4v) is 9.48. The zero-order chi connectivity index (χ0) is 34.2. The smallest absolute Gasteiger partial charge is 0.421 e. The predicted molar refractivity (Wildman–Crippen MR) is 187 cm³/mol. The molecule has 0 spiro atoms. The molecule has 0 saturated carbocycles. The molecule has 0 bridgehead atoms. The maximum Gasteiger partial charge on any atom is 0.421 e. The molecule has 4 aromatic rings. The predicted octanol–water partition coefficient (Wildman–Crippen LogP) is 6.02. The number of methoxy groups -OCH3 is 1. The zero-order valence-electron chi connectivity index (χ0n) is 27.8. The molecule has 2 fully saturated rings. The van der Waals surface area contributed by atoms with Gasteiger partial charge in [-0.2, -0.15) is 18.2 Å². The summed E-state index contributed by atoms with van der Waals surface area (Å²) in [5, 5.41) is 6.48. The molecule has 0 amide bonds. The molecule has 258 valence electrons. The minimum atomic E-state index is -4.75. The van der Waals surface area contributed by atoms with E-state index in [1.165, 1.54) is 12.4 Å².